The summed E-state index contributed by atoms with van der Waals surface area (Å²) in [5.41, 5.74) is 0. The second-order valence-corrected chi connectivity index (χ2v) is 4.47. The Hall–Kier alpha value is -0.380. The van der Waals surface area contributed by atoms with Gasteiger partial charge in [-0.05, 0) is 25.5 Å². The van der Waals surface area contributed by atoms with E-state index >= 15 is 0 Å². The fourth-order valence-corrected chi connectivity index (χ4v) is 2.52. The molecule has 1 fully saturated rings. The van der Waals surface area contributed by atoms with Crippen LogP contribution < -0.4 is 10.6 Å². The highest BCUT2D eigenvalue weighted by Gasteiger charge is 2.23. The maximum absolute atomic E-state index is 4.11. The van der Waals surface area contributed by atoms with Crippen LogP contribution in [0.5, 0.6) is 0 Å². The molecule has 2 N–H and O–H groups in total. The van der Waals surface area contributed by atoms with Crippen LogP contribution in [0.25, 0.3) is 0 Å². The van der Waals surface area contributed by atoms with E-state index in [-0.39, 0.29) is 0 Å². The van der Waals surface area contributed by atoms with E-state index in [1.165, 1.54) is 19.3 Å². The Kier molecular flexibility index (Phi) is 4.42. The maximum Gasteiger partial charge on any atom is 0.190 e. The second kappa shape index (κ2) is 5.37. The molecule has 3 nitrogen and oxygen atoms in total. The van der Waals surface area contributed by atoms with Crippen molar-refractivity contribution in [2.75, 3.05) is 20.4 Å². The maximum atomic E-state index is 4.11. The molecule has 1 saturated carbocycles. The molecule has 0 heterocycles. The quantitative estimate of drug-likeness (QED) is 0.518. The van der Waals surface area contributed by atoms with Crippen LogP contribution in [0, 0.1) is 0 Å². The Balaban J connectivity index is 2.31. The van der Waals surface area contributed by atoms with E-state index in [4.69, 9.17) is 0 Å². The van der Waals surface area contributed by atoms with Gasteiger partial charge in [0.15, 0.2) is 5.96 Å². The lowest BCUT2D eigenvalue weighted by atomic mass is 10.2. The minimum absolute atomic E-state index is 0.614. The molecule has 0 amide bonds. The minimum atomic E-state index is 0.614. The van der Waals surface area contributed by atoms with Crippen molar-refractivity contribution in [3.05, 3.63) is 0 Å². The highest BCUT2D eigenvalue weighted by atomic mass is 32.2. The van der Waals surface area contributed by atoms with E-state index in [2.05, 4.69) is 21.9 Å². The van der Waals surface area contributed by atoms with Crippen LogP contribution in [0.1, 0.15) is 19.3 Å². The van der Waals surface area contributed by atoms with Crippen molar-refractivity contribution >= 4 is 17.7 Å². The topological polar surface area (TPSA) is 36.4 Å². The summed E-state index contributed by atoms with van der Waals surface area (Å²) >= 11 is 1.98. The molecule has 0 aliphatic heterocycles. The molecule has 1 aliphatic rings. The first-order valence-electron chi connectivity index (χ1n) is 4.74. The van der Waals surface area contributed by atoms with Gasteiger partial charge < -0.3 is 10.6 Å². The van der Waals surface area contributed by atoms with Crippen molar-refractivity contribution in [2.24, 2.45) is 4.99 Å². The Morgan fingerprint density at radius 1 is 1.46 bits per heavy atom. The predicted molar refractivity (Wildman–Crippen MR) is 60.5 cm³/mol. The third-order valence-corrected chi connectivity index (χ3v) is 3.61. The van der Waals surface area contributed by atoms with Gasteiger partial charge in [0, 0.05) is 25.4 Å². The lowest BCUT2D eigenvalue weighted by molar-refractivity contribution is 0.621. The van der Waals surface area contributed by atoms with E-state index in [9.17, 15) is 0 Å². The average Bonchev–Trinajstić information content (AvgIpc) is 2.61. The van der Waals surface area contributed by atoms with Crippen molar-refractivity contribution in [3.63, 3.8) is 0 Å². The second-order valence-electron chi connectivity index (χ2n) is 3.33. The van der Waals surface area contributed by atoms with Gasteiger partial charge in [-0.2, -0.15) is 11.8 Å². The Bertz CT molecular complexity index is 182. The van der Waals surface area contributed by atoms with E-state index in [1.807, 2.05) is 18.8 Å². The molecule has 0 aromatic rings. The number of hydrogen-bond donors (Lipinski definition) is 2. The molecule has 0 radical (unpaired) electrons. The average molecular weight is 201 g/mol. The Labute approximate surface area is 84.8 Å². The van der Waals surface area contributed by atoms with Crippen LogP contribution in [0.15, 0.2) is 4.99 Å². The zero-order valence-corrected chi connectivity index (χ0v) is 9.45. The van der Waals surface area contributed by atoms with Crippen molar-refractivity contribution in [3.8, 4) is 0 Å². The van der Waals surface area contributed by atoms with E-state index in [0.29, 0.717) is 6.04 Å². The van der Waals surface area contributed by atoms with Crippen molar-refractivity contribution in [2.45, 2.75) is 30.6 Å². The number of thioether (sulfide) groups is 1. The third kappa shape index (κ3) is 3.10. The van der Waals surface area contributed by atoms with Crippen molar-refractivity contribution < 1.29 is 0 Å². The summed E-state index contributed by atoms with van der Waals surface area (Å²) in [5.74, 6) is 0.909. The molecule has 0 bridgehead atoms. The van der Waals surface area contributed by atoms with Gasteiger partial charge in [-0.1, -0.05) is 0 Å². The summed E-state index contributed by atoms with van der Waals surface area (Å²) < 4.78 is 0. The van der Waals surface area contributed by atoms with Crippen LogP contribution in [0.3, 0.4) is 0 Å². The molecule has 0 saturated heterocycles. The molecule has 4 heteroatoms. The van der Waals surface area contributed by atoms with Gasteiger partial charge in [-0.15, -0.1) is 0 Å². The van der Waals surface area contributed by atoms with Gasteiger partial charge in [0.1, 0.15) is 0 Å². The number of guanidine groups is 1. The number of rotatable bonds is 2. The molecule has 2 atom stereocenters. The monoisotopic (exact) mass is 201 g/mol. The molecule has 1 rings (SSSR count). The first-order chi connectivity index (χ1) is 6.30. The van der Waals surface area contributed by atoms with Crippen LogP contribution >= 0.6 is 11.8 Å². The number of nitrogens with one attached hydrogen (secondary N) is 2. The van der Waals surface area contributed by atoms with Crippen molar-refractivity contribution in [1.82, 2.24) is 10.6 Å². The lowest BCUT2D eigenvalue weighted by Crippen LogP contribution is -2.40. The first-order valence-corrected chi connectivity index (χ1v) is 6.02. The molecule has 1 aliphatic carbocycles. The van der Waals surface area contributed by atoms with Gasteiger partial charge in [-0.3, -0.25) is 4.99 Å². The van der Waals surface area contributed by atoms with Gasteiger partial charge in [0.2, 0.25) is 0 Å². The molecule has 13 heavy (non-hydrogen) atoms. The first kappa shape index (κ1) is 10.7. The zero-order valence-electron chi connectivity index (χ0n) is 8.63. The number of aliphatic imine (C=N–C) groups is 1. The molecule has 0 spiro atoms. The molecular weight excluding hydrogens is 182 g/mol. The fraction of sp³-hybridized carbons (Fsp3) is 0.889. The largest absolute Gasteiger partial charge is 0.359 e. The molecule has 0 aromatic carbocycles. The minimum Gasteiger partial charge on any atom is -0.359 e. The van der Waals surface area contributed by atoms with E-state index in [1.54, 1.807) is 7.05 Å². The van der Waals surface area contributed by atoms with Crippen LogP contribution in [0.4, 0.5) is 0 Å². The molecular formula is C9H19N3S. The number of hydrogen-bond acceptors (Lipinski definition) is 2. The van der Waals surface area contributed by atoms with Gasteiger partial charge >= 0.3 is 0 Å². The lowest BCUT2D eigenvalue weighted by Gasteiger charge is -2.15. The van der Waals surface area contributed by atoms with Gasteiger partial charge in [-0.25, -0.2) is 0 Å². The van der Waals surface area contributed by atoms with Crippen LogP contribution in [-0.2, 0) is 0 Å². The molecule has 76 valence electrons. The third-order valence-electron chi connectivity index (χ3n) is 2.52. The summed E-state index contributed by atoms with van der Waals surface area (Å²) in [6.07, 6.45) is 6.06. The standard InChI is InChI=1S/C9H19N3S/c1-10-9(11-2)12-7-4-5-8(6-7)13-3/h7-8H,4-6H2,1-3H3,(H2,10,11,12). The summed E-state index contributed by atoms with van der Waals surface area (Å²) in [4.78, 5) is 4.11. The molecule has 2 unspecified atom stereocenters. The smallest absolute Gasteiger partial charge is 0.190 e. The zero-order chi connectivity index (χ0) is 9.68. The van der Waals surface area contributed by atoms with Crippen molar-refractivity contribution in [1.29, 1.82) is 0 Å². The van der Waals surface area contributed by atoms with E-state index in [0.717, 1.165) is 11.2 Å². The molecule has 0 aromatic heterocycles. The van der Waals surface area contributed by atoms with Gasteiger partial charge in [0.25, 0.3) is 0 Å². The highest BCUT2D eigenvalue weighted by molar-refractivity contribution is 7.99. The normalized spacial score (nSPS) is 29.0. The highest BCUT2D eigenvalue weighted by Crippen LogP contribution is 2.27. The van der Waals surface area contributed by atoms with Crippen LogP contribution in [-0.4, -0.2) is 37.6 Å². The summed E-state index contributed by atoms with van der Waals surface area (Å²) in [6, 6.07) is 0.614. The summed E-state index contributed by atoms with van der Waals surface area (Å²) in [5, 5.41) is 7.29. The fourth-order valence-electron chi connectivity index (χ4n) is 1.73. The predicted octanol–water partition coefficient (Wildman–Crippen LogP) is 1.07. The van der Waals surface area contributed by atoms with E-state index < -0.39 is 0 Å². The summed E-state index contributed by atoms with van der Waals surface area (Å²) in [7, 11) is 3.70. The summed E-state index contributed by atoms with van der Waals surface area (Å²) in [6.45, 7) is 0. The number of nitrogens with zero attached hydrogens (tertiary/aromatic N) is 1. The Morgan fingerprint density at radius 3 is 2.69 bits per heavy atom. The van der Waals surface area contributed by atoms with Gasteiger partial charge in [0.05, 0.1) is 0 Å². The Morgan fingerprint density at radius 2 is 2.23 bits per heavy atom. The van der Waals surface area contributed by atoms with Crippen LogP contribution in [0.2, 0.25) is 0 Å². The SMILES string of the molecule is CN=C(NC)NC1CCC(SC)C1.